The van der Waals surface area contributed by atoms with Gasteiger partial charge >= 0.3 is 0 Å². The summed E-state index contributed by atoms with van der Waals surface area (Å²) < 4.78 is 16.9. The second-order valence-electron chi connectivity index (χ2n) is 6.90. The first kappa shape index (κ1) is 19.2. The lowest BCUT2D eigenvalue weighted by molar-refractivity contribution is -0.139. The van der Waals surface area contributed by atoms with Crippen molar-refractivity contribution < 1.29 is 18.7 Å². The Kier molecular flexibility index (Phi) is 5.41. The molecule has 1 unspecified atom stereocenters. The molecule has 0 radical (unpaired) electrons. The van der Waals surface area contributed by atoms with Crippen LogP contribution in [0, 0.1) is 13.8 Å². The van der Waals surface area contributed by atoms with E-state index in [0.29, 0.717) is 18.2 Å². The third kappa shape index (κ3) is 3.51. The lowest BCUT2D eigenvalue weighted by Crippen LogP contribution is -2.53. The number of likely N-dealkylation sites (N-methyl/N-ethyl adjacent to an activating group) is 1. The minimum Gasteiger partial charge on any atom is -0.496 e. The Morgan fingerprint density at radius 3 is 2.63 bits per heavy atom. The fourth-order valence-electron chi connectivity index (χ4n) is 3.48. The first-order chi connectivity index (χ1) is 12.9. The Hall–Kier alpha value is -2.54. The van der Waals surface area contributed by atoms with E-state index in [9.17, 15) is 4.79 Å². The minimum absolute atomic E-state index is 0.134. The van der Waals surface area contributed by atoms with Crippen LogP contribution in [-0.4, -0.2) is 61.1 Å². The molecule has 2 aromatic rings. The first-order valence-corrected chi connectivity index (χ1v) is 9.04. The third-order valence-corrected chi connectivity index (χ3v) is 5.26. The van der Waals surface area contributed by atoms with Gasteiger partial charge in [0.25, 0.3) is 0 Å². The molecule has 1 aliphatic heterocycles. The highest BCUT2D eigenvalue weighted by molar-refractivity contribution is 5.82. The summed E-state index contributed by atoms with van der Waals surface area (Å²) in [6.07, 6.45) is 0. The van der Waals surface area contributed by atoms with Crippen LogP contribution in [0.5, 0.6) is 11.5 Å². The molecule has 27 heavy (non-hydrogen) atoms. The van der Waals surface area contributed by atoms with Crippen LogP contribution in [0.25, 0.3) is 11.5 Å². The van der Waals surface area contributed by atoms with E-state index in [1.54, 1.807) is 19.1 Å². The number of carbonyl (C=O) groups excluding carboxylic acids is 1. The van der Waals surface area contributed by atoms with Gasteiger partial charge in [-0.2, -0.15) is 0 Å². The molecule has 1 fully saturated rings. The van der Waals surface area contributed by atoms with Gasteiger partial charge in [0.05, 0.1) is 31.5 Å². The summed E-state index contributed by atoms with van der Waals surface area (Å²) >= 11 is 0. The smallest absolute Gasteiger partial charge is 0.239 e. The number of methoxy groups -OCH3 is 2. The van der Waals surface area contributed by atoms with Crippen LogP contribution in [-0.2, 0) is 11.3 Å². The molecular weight excluding hydrogens is 346 g/mol. The van der Waals surface area contributed by atoms with Crippen molar-refractivity contribution in [2.24, 2.45) is 0 Å². The van der Waals surface area contributed by atoms with Gasteiger partial charge in [-0.05, 0) is 32.9 Å². The maximum absolute atomic E-state index is 12.2. The number of piperazine rings is 1. The zero-order valence-electron chi connectivity index (χ0n) is 16.8. The Labute approximate surface area is 159 Å². The number of nitrogens with zero attached hydrogens (tertiary/aromatic N) is 3. The molecule has 1 amide bonds. The van der Waals surface area contributed by atoms with E-state index in [4.69, 9.17) is 18.9 Å². The van der Waals surface area contributed by atoms with Crippen LogP contribution in [0.15, 0.2) is 16.5 Å². The second kappa shape index (κ2) is 7.60. The number of aryl methyl sites for hydroxylation is 1. The normalized spacial score (nSPS) is 18.1. The number of ether oxygens (including phenoxy) is 2. The lowest BCUT2D eigenvalue weighted by atomic mass is 10.1. The van der Waals surface area contributed by atoms with Crippen molar-refractivity contribution in [3.05, 3.63) is 29.2 Å². The number of hydrogen-bond donors (Lipinski definition) is 0. The number of amides is 1. The highest BCUT2D eigenvalue weighted by Gasteiger charge is 2.30. The van der Waals surface area contributed by atoms with Crippen molar-refractivity contribution in [3.63, 3.8) is 0 Å². The molecule has 1 saturated heterocycles. The molecule has 1 aliphatic rings. The molecule has 0 aliphatic carbocycles. The minimum atomic E-state index is -0.166. The highest BCUT2D eigenvalue weighted by atomic mass is 16.5. The summed E-state index contributed by atoms with van der Waals surface area (Å²) in [5, 5.41) is 0. The number of oxazole rings is 1. The second-order valence-corrected chi connectivity index (χ2v) is 6.90. The number of hydrogen-bond acceptors (Lipinski definition) is 6. The van der Waals surface area contributed by atoms with E-state index in [1.807, 2.05) is 40.0 Å². The van der Waals surface area contributed by atoms with Gasteiger partial charge in [0.2, 0.25) is 11.8 Å². The van der Waals surface area contributed by atoms with Gasteiger partial charge in [0.1, 0.15) is 17.3 Å². The van der Waals surface area contributed by atoms with Gasteiger partial charge in [-0.25, -0.2) is 4.98 Å². The summed E-state index contributed by atoms with van der Waals surface area (Å²) in [7, 11) is 5.10. The molecule has 7 heteroatoms. The fourth-order valence-corrected chi connectivity index (χ4v) is 3.48. The van der Waals surface area contributed by atoms with Crippen LogP contribution < -0.4 is 9.47 Å². The van der Waals surface area contributed by atoms with Crippen LogP contribution in [0.2, 0.25) is 0 Å². The standard InChI is InChI=1S/C20H27N3O4/c1-12-17(25-5)8-7-15(18(12)26-6)19-21-16(14(3)27-19)11-23-10-9-22(4)20(24)13(23)2/h7-8,13H,9-11H2,1-6H3. The van der Waals surface area contributed by atoms with E-state index in [-0.39, 0.29) is 11.9 Å². The molecule has 0 N–H and O–H groups in total. The molecule has 0 spiro atoms. The summed E-state index contributed by atoms with van der Waals surface area (Å²) in [5.41, 5.74) is 2.52. The average Bonchev–Trinajstić information content (AvgIpc) is 3.02. The molecular formula is C20H27N3O4. The molecule has 1 aromatic carbocycles. The fraction of sp³-hybridized carbons (Fsp3) is 0.500. The van der Waals surface area contributed by atoms with E-state index >= 15 is 0 Å². The zero-order chi connectivity index (χ0) is 19.7. The monoisotopic (exact) mass is 373 g/mol. The molecule has 0 saturated carbocycles. The first-order valence-electron chi connectivity index (χ1n) is 9.04. The van der Waals surface area contributed by atoms with E-state index in [2.05, 4.69) is 4.90 Å². The van der Waals surface area contributed by atoms with E-state index in [1.165, 1.54) is 0 Å². The number of rotatable bonds is 5. The van der Waals surface area contributed by atoms with Crippen LogP contribution in [0.3, 0.4) is 0 Å². The zero-order valence-corrected chi connectivity index (χ0v) is 16.8. The van der Waals surface area contributed by atoms with Crippen molar-refractivity contribution >= 4 is 5.91 Å². The van der Waals surface area contributed by atoms with Crippen molar-refractivity contribution in [1.29, 1.82) is 0 Å². The van der Waals surface area contributed by atoms with Gasteiger partial charge in [-0.15, -0.1) is 0 Å². The molecule has 1 atom stereocenters. The molecule has 1 aromatic heterocycles. The Morgan fingerprint density at radius 2 is 1.96 bits per heavy atom. The van der Waals surface area contributed by atoms with Gasteiger partial charge in [-0.1, -0.05) is 0 Å². The Balaban J connectivity index is 1.89. The van der Waals surface area contributed by atoms with Crippen LogP contribution >= 0.6 is 0 Å². The number of benzene rings is 1. The van der Waals surface area contributed by atoms with Gasteiger partial charge in [-0.3, -0.25) is 9.69 Å². The quantitative estimate of drug-likeness (QED) is 0.803. The molecule has 3 rings (SSSR count). The largest absolute Gasteiger partial charge is 0.496 e. The number of carbonyl (C=O) groups is 1. The third-order valence-electron chi connectivity index (χ3n) is 5.26. The Morgan fingerprint density at radius 1 is 1.22 bits per heavy atom. The van der Waals surface area contributed by atoms with Crippen LogP contribution in [0.1, 0.15) is 23.9 Å². The molecule has 7 nitrogen and oxygen atoms in total. The van der Waals surface area contributed by atoms with Crippen molar-refractivity contribution in [3.8, 4) is 23.0 Å². The van der Waals surface area contributed by atoms with Gasteiger partial charge < -0.3 is 18.8 Å². The van der Waals surface area contributed by atoms with Crippen molar-refractivity contribution in [1.82, 2.24) is 14.8 Å². The maximum atomic E-state index is 12.2. The highest BCUT2D eigenvalue weighted by Crippen LogP contribution is 2.38. The van der Waals surface area contributed by atoms with Crippen molar-refractivity contribution in [2.45, 2.75) is 33.4 Å². The van der Waals surface area contributed by atoms with Gasteiger partial charge in [0, 0.05) is 32.2 Å². The topological polar surface area (TPSA) is 68.0 Å². The van der Waals surface area contributed by atoms with Gasteiger partial charge in [0.15, 0.2) is 0 Å². The summed E-state index contributed by atoms with van der Waals surface area (Å²) in [6, 6.07) is 3.61. The summed E-state index contributed by atoms with van der Waals surface area (Å²) in [6.45, 7) is 7.89. The summed E-state index contributed by atoms with van der Waals surface area (Å²) in [4.78, 5) is 20.8. The van der Waals surface area contributed by atoms with Crippen molar-refractivity contribution in [2.75, 3.05) is 34.4 Å². The molecule has 2 heterocycles. The predicted molar refractivity (Wildman–Crippen MR) is 102 cm³/mol. The predicted octanol–water partition coefficient (Wildman–Crippen LogP) is 2.64. The van der Waals surface area contributed by atoms with E-state index in [0.717, 1.165) is 41.4 Å². The molecule has 146 valence electrons. The summed E-state index contributed by atoms with van der Waals surface area (Å²) in [5.74, 6) is 2.83. The van der Waals surface area contributed by atoms with Crippen LogP contribution in [0.4, 0.5) is 0 Å². The average molecular weight is 373 g/mol. The maximum Gasteiger partial charge on any atom is 0.239 e. The SMILES string of the molecule is COc1ccc(-c2nc(CN3CCN(C)C(=O)C3C)c(C)o2)c(OC)c1C. The lowest BCUT2D eigenvalue weighted by Gasteiger charge is -2.36. The Bertz CT molecular complexity index is 846. The number of aromatic nitrogens is 1. The van der Waals surface area contributed by atoms with E-state index < -0.39 is 0 Å². The molecule has 0 bridgehead atoms.